The van der Waals surface area contributed by atoms with E-state index in [4.69, 9.17) is 15.5 Å². The third kappa shape index (κ3) is 4.39. The van der Waals surface area contributed by atoms with E-state index in [0.717, 1.165) is 71.3 Å². The largest absolute Gasteiger partial charge is 0.466 e. The summed E-state index contributed by atoms with van der Waals surface area (Å²) in [4.78, 5) is 28.6. The van der Waals surface area contributed by atoms with Crippen molar-refractivity contribution in [2.75, 3.05) is 23.8 Å². The van der Waals surface area contributed by atoms with Crippen LogP contribution in [0.15, 0.2) is 67.0 Å². The quantitative estimate of drug-likeness (QED) is 0.375. The molecule has 0 amide bonds. The van der Waals surface area contributed by atoms with E-state index >= 15 is 0 Å². The van der Waals surface area contributed by atoms with Gasteiger partial charge in [-0.3, -0.25) is 4.79 Å². The SMILES string of the molecule is CCOC(=O)C1CCC(N2CC(c3ccc4ccc(-c5ccccc5)nc4c3)c3c(N)ncnc32)CC1. The zero-order chi connectivity index (χ0) is 25.4. The van der Waals surface area contributed by atoms with E-state index in [9.17, 15) is 4.79 Å². The molecule has 1 fully saturated rings. The summed E-state index contributed by atoms with van der Waals surface area (Å²) < 4.78 is 5.27. The van der Waals surface area contributed by atoms with Gasteiger partial charge in [-0.1, -0.05) is 48.5 Å². The molecule has 0 saturated heterocycles. The highest BCUT2D eigenvalue weighted by Crippen LogP contribution is 2.45. The molecule has 1 saturated carbocycles. The highest BCUT2D eigenvalue weighted by atomic mass is 16.5. The molecular weight excluding hydrogens is 462 g/mol. The van der Waals surface area contributed by atoms with Gasteiger partial charge in [-0.05, 0) is 50.3 Å². The van der Waals surface area contributed by atoms with Crippen molar-refractivity contribution >= 4 is 28.5 Å². The molecule has 1 aliphatic carbocycles. The van der Waals surface area contributed by atoms with Crippen molar-refractivity contribution in [1.29, 1.82) is 0 Å². The van der Waals surface area contributed by atoms with Gasteiger partial charge < -0.3 is 15.4 Å². The van der Waals surface area contributed by atoms with Crippen LogP contribution in [0.25, 0.3) is 22.2 Å². The molecule has 2 aromatic carbocycles. The lowest BCUT2D eigenvalue weighted by Crippen LogP contribution is -2.39. The van der Waals surface area contributed by atoms with Crippen molar-refractivity contribution in [3.8, 4) is 11.3 Å². The highest BCUT2D eigenvalue weighted by molar-refractivity contribution is 5.83. The Hall–Kier alpha value is -4.00. The fourth-order valence-electron chi connectivity index (χ4n) is 5.94. The van der Waals surface area contributed by atoms with Gasteiger partial charge in [-0.25, -0.2) is 15.0 Å². The zero-order valence-corrected chi connectivity index (χ0v) is 21.0. The number of esters is 1. The summed E-state index contributed by atoms with van der Waals surface area (Å²) in [5.41, 5.74) is 11.6. The van der Waals surface area contributed by atoms with Gasteiger partial charge >= 0.3 is 5.97 Å². The lowest BCUT2D eigenvalue weighted by Gasteiger charge is -2.35. The minimum absolute atomic E-state index is 0.00471. The normalized spacial score (nSPS) is 21.1. The van der Waals surface area contributed by atoms with Crippen molar-refractivity contribution in [1.82, 2.24) is 15.0 Å². The van der Waals surface area contributed by atoms with Crippen LogP contribution in [0.5, 0.6) is 0 Å². The van der Waals surface area contributed by atoms with E-state index in [1.54, 1.807) is 6.33 Å². The van der Waals surface area contributed by atoms with Gasteiger partial charge in [0.1, 0.15) is 18.0 Å². The van der Waals surface area contributed by atoms with Crippen LogP contribution in [0.2, 0.25) is 0 Å². The fraction of sp³-hybridized carbons (Fsp3) is 0.333. The number of carbonyl (C=O) groups is 1. The lowest BCUT2D eigenvalue weighted by atomic mass is 9.85. The average Bonchev–Trinajstić information content (AvgIpc) is 3.34. The molecule has 1 unspecified atom stereocenters. The van der Waals surface area contributed by atoms with E-state index < -0.39 is 0 Å². The van der Waals surface area contributed by atoms with Gasteiger partial charge in [0.25, 0.3) is 0 Å². The van der Waals surface area contributed by atoms with Gasteiger partial charge in [0.2, 0.25) is 0 Å². The molecular formula is C30H31N5O2. The molecule has 0 bridgehead atoms. The average molecular weight is 494 g/mol. The number of rotatable bonds is 5. The molecule has 0 radical (unpaired) electrons. The number of ether oxygens (including phenoxy) is 1. The Morgan fingerprint density at radius 1 is 1.03 bits per heavy atom. The van der Waals surface area contributed by atoms with Crippen LogP contribution < -0.4 is 10.6 Å². The molecule has 0 spiro atoms. The zero-order valence-electron chi connectivity index (χ0n) is 21.0. The smallest absolute Gasteiger partial charge is 0.308 e. The second-order valence-corrected chi connectivity index (χ2v) is 9.97. The monoisotopic (exact) mass is 493 g/mol. The number of benzene rings is 2. The Bertz CT molecular complexity index is 1430. The maximum Gasteiger partial charge on any atom is 0.308 e. The summed E-state index contributed by atoms with van der Waals surface area (Å²) in [7, 11) is 0. The van der Waals surface area contributed by atoms with Crippen LogP contribution in [0, 0.1) is 5.92 Å². The van der Waals surface area contributed by atoms with Crippen molar-refractivity contribution in [3.63, 3.8) is 0 Å². The summed E-state index contributed by atoms with van der Waals surface area (Å²) in [6, 6.07) is 21.3. The number of nitrogen functional groups attached to an aromatic ring is 1. The number of pyridine rings is 1. The van der Waals surface area contributed by atoms with E-state index in [1.807, 2.05) is 25.1 Å². The predicted octanol–water partition coefficient (Wildman–Crippen LogP) is 5.35. The van der Waals surface area contributed by atoms with E-state index in [0.29, 0.717) is 18.5 Å². The van der Waals surface area contributed by atoms with Gasteiger partial charge in [-0.2, -0.15) is 0 Å². The van der Waals surface area contributed by atoms with Crippen molar-refractivity contribution in [2.24, 2.45) is 5.92 Å². The van der Waals surface area contributed by atoms with Gasteiger partial charge in [-0.15, -0.1) is 0 Å². The van der Waals surface area contributed by atoms with Crippen LogP contribution in [-0.2, 0) is 9.53 Å². The topological polar surface area (TPSA) is 94.2 Å². The highest BCUT2D eigenvalue weighted by Gasteiger charge is 2.39. The number of nitrogens with zero attached hydrogens (tertiary/aromatic N) is 4. The minimum Gasteiger partial charge on any atom is -0.466 e. The Morgan fingerprint density at radius 3 is 2.59 bits per heavy atom. The number of hydrogen-bond acceptors (Lipinski definition) is 7. The Kier molecular flexibility index (Phi) is 6.20. The van der Waals surface area contributed by atoms with Crippen molar-refractivity contribution in [3.05, 3.63) is 78.1 Å². The number of aromatic nitrogens is 3. The standard InChI is InChI=1S/C30H31N5O2/c1-2-37-30(36)21-10-13-23(14-11-21)35-17-24(27-28(31)32-18-33-29(27)35)22-9-8-20-12-15-25(34-26(20)16-22)19-6-4-3-5-7-19/h3-9,12,15-16,18,21,23-24H,2,10-11,13-14,17H2,1H3,(H2,31,32,33). The van der Waals surface area contributed by atoms with Crippen LogP contribution >= 0.6 is 0 Å². The molecule has 1 atom stereocenters. The minimum atomic E-state index is -0.0641. The number of fused-ring (bicyclic) bond motifs is 2. The summed E-state index contributed by atoms with van der Waals surface area (Å²) >= 11 is 0. The van der Waals surface area contributed by atoms with Gasteiger partial charge in [0.05, 0.1) is 23.7 Å². The van der Waals surface area contributed by atoms with Crippen LogP contribution in [0.3, 0.4) is 0 Å². The molecule has 2 aromatic heterocycles. The summed E-state index contributed by atoms with van der Waals surface area (Å²) in [6.07, 6.45) is 5.09. The van der Waals surface area contributed by atoms with E-state index in [-0.39, 0.29) is 17.8 Å². The summed E-state index contributed by atoms with van der Waals surface area (Å²) in [6.45, 7) is 3.08. The number of hydrogen-bond donors (Lipinski definition) is 1. The van der Waals surface area contributed by atoms with Gasteiger partial charge in [0.15, 0.2) is 0 Å². The first-order valence-electron chi connectivity index (χ1n) is 13.1. The Morgan fingerprint density at radius 2 is 1.81 bits per heavy atom. The third-order valence-electron chi connectivity index (χ3n) is 7.84. The van der Waals surface area contributed by atoms with Crippen LogP contribution in [0.1, 0.15) is 49.7 Å². The Balaban J connectivity index is 1.30. The predicted molar refractivity (Wildman–Crippen MR) is 145 cm³/mol. The number of carbonyl (C=O) groups excluding carboxylic acids is 1. The summed E-state index contributed by atoms with van der Waals surface area (Å²) in [5, 5.41) is 1.10. The third-order valence-corrected chi connectivity index (χ3v) is 7.84. The molecule has 2 aliphatic rings. The van der Waals surface area contributed by atoms with E-state index in [2.05, 4.69) is 57.3 Å². The first kappa shape index (κ1) is 23.4. The molecule has 7 nitrogen and oxygen atoms in total. The molecule has 2 N–H and O–H groups in total. The molecule has 37 heavy (non-hydrogen) atoms. The van der Waals surface area contributed by atoms with Crippen molar-refractivity contribution < 1.29 is 9.53 Å². The molecule has 188 valence electrons. The van der Waals surface area contributed by atoms with Crippen molar-refractivity contribution in [2.45, 2.75) is 44.6 Å². The second-order valence-electron chi connectivity index (χ2n) is 9.97. The molecule has 6 rings (SSSR count). The molecule has 3 heterocycles. The Labute approximate surface area is 216 Å². The molecule has 4 aromatic rings. The van der Waals surface area contributed by atoms with E-state index in [1.165, 1.54) is 0 Å². The van der Waals surface area contributed by atoms with Gasteiger partial charge in [0, 0.05) is 35.0 Å². The van der Waals surface area contributed by atoms with Crippen LogP contribution in [-0.4, -0.2) is 40.1 Å². The molecule has 1 aliphatic heterocycles. The fourth-order valence-corrected chi connectivity index (χ4v) is 5.94. The first-order valence-corrected chi connectivity index (χ1v) is 13.1. The lowest BCUT2D eigenvalue weighted by molar-refractivity contribution is -0.149. The summed E-state index contributed by atoms with van der Waals surface area (Å²) in [5.74, 6) is 1.44. The maximum absolute atomic E-state index is 12.2. The maximum atomic E-state index is 12.2. The first-order chi connectivity index (χ1) is 18.1. The number of anilines is 2. The molecule has 7 heteroatoms. The second kappa shape index (κ2) is 9.81. The van der Waals surface area contributed by atoms with Crippen LogP contribution in [0.4, 0.5) is 11.6 Å². The number of nitrogens with two attached hydrogens (primary N) is 1.